The topological polar surface area (TPSA) is 35.5 Å². The molecule has 3 heteroatoms. The molecule has 24 heavy (non-hydrogen) atoms. The molecule has 3 nitrogen and oxygen atoms in total. The second-order valence-electron chi connectivity index (χ2n) is 8.70. The van der Waals surface area contributed by atoms with Gasteiger partial charge >= 0.3 is 0 Å². The van der Waals surface area contributed by atoms with Gasteiger partial charge in [0.1, 0.15) is 11.4 Å². The lowest BCUT2D eigenvalue weighted by Crippen LogP contribution is -2.51. The molecule has 2 aliphatic rings. The van der Waals surface area contributed by atoms with Crippen LogP contribution in [-0.4, -0.2) is 29.7 Å². The molecular weight excluding hydrogens is 300 g/mol. The SMILES string of the molecule is C=C[C@@]12CC[C@@H](O1)[C@](C)(CCCC(C)C(=O)CC(C)C(C)C)OC2. The van der Waals surface area contributed by atoms with Crippen LogP contribution in [0.15, 0.2) is 12.7 Å². The molecule has 0 radical (unpaired) electrons. The smallest absolute Gasteiger partial charge is 0.135 e. The number of ketones is 1. The Balaban J connectivity index is 1.77. The lowest BCUT2D eigenvalue weighted by Gasteiger charge is -2.43. The van der Waals surface area contributed by atoms with Crippen LogP contribution in [0.25, 0.3) is 0 Å². The largest absolute Gasteiger partial charge is 0.369 e. The molecular formula is C21H36O3. The average molecular weight is 337 g/mol. The van der Waals surface area contributed by atoms with E-state index in [1.807, 2.05) is 6.08 Å². The van der Waals surface area contributed by atoms with Crippen LogP contribution in [0, 0.1) is 17.8 Å². The Morgan fingerprint density at radius 1 is 1.33 bits per heavy atom. The molecule has 0 aromatic rings. The fraction of sp³-hybridized carbons (Fsp3) is 0.857. The van der Waals surface area contributed by atoms with E-state index >= 15 is 0 Å². The Morgan fingerprint density at radius 2 is 2.04 bits per heavy atom. The molecule has 2 fully saturated rings. The third-order valence-corrected chi connectivity index (χ3v) is 6.43. The predicted octanol–water partition coefficient (Wildman–Crippen LogP) is 4.94. The van der Waals surface area contributed by atoms with Crippen LogP contribution in [0.2, 0.25) is 0 Å². The van der Waals surface area contributed by atoms with E-state index in [0.717, 1.165) is 32.1 Å². The van der Waals surface area contributed by atoms with Gasteiger partial charge in [0.15, 0.2) is 0 Å². The van der Waals surface area contributed by atoms with Gasteiger partial charge in [0.2, 0.25) is 0 Å². The number of ether oxygens (including phenoxy) is 2. The van der Waals surface area contributed by atoms with Crippen LogP contribution in [0.5, 0.6) is 0 Å². The molecule has 2 aliphatic heterocycles. The van der Waals surface area contributed by atoms with Crippen molar-refractivity contribution in [1.82, 2.24) is 0 Å². The molecule has 5 atom stereocenters. The lowest BCUT2D eigenvalue weighted by atomic mass is 9.85. The highest BCUT2D eigenvalue weighted by molar-refractivity contribution is 5.80. The summed E-state index contributed by atoms with van der Waals surface area (Å²) in [5, 5.41) is 0. The van der Waals surface area contributed by atoms with E-state index in [1.165, 1.54) is 0 Å². The summed E-state index contributed by atoms with van der Waals surface area (Å²) >= 11 is 0. The van der Waals surface area contributed by atoms with Gasteiger partial charge in [-0.1, -0.05) is 33.8 Å². The first-order valence-electron chi connectivity index (χ1n) is 9.69. The van der Waals surface area contributed by atoms with E-state index < -0.39 is 0 Å². The molecule has 0 aliphatic carbocycles. The summed E-state index contributed by atoms with van der Waals surface area (Å²) in [6, 6.07) is 0. The number of rotatable bonds is 9. The predicted molar refractivity (Wildman–Crippen MR) is 98.0 cm³/mol. The number of carbonyl (C=O) groups excluding carboxylic acids is 1. The third-order valence-electron chi connectivity index (χ3n) is 6.43. The number of carbonyl (C=O) groups is 1. The summed E-state index contributed by atoms with van der Waals surface area (Å²) in [4.78, 5) is 12.4. The average Bonchev–Trinajstić information content (AvgIpc) is 2.93. The first-order valence-corrected chi connectivity index (χ1v) is 9.69. The van der Waals surface area contributed by atoms with Crippen LogP contribution in [0.3, 0.4) is 0 Å². The van der Waals surface area contributed by atoms with Crippen molar-refractivity contribution in [2.75, 3.05) is 6.61 Å². The maximum Gasteiger partial charge on any atom is 0.135 e. The van der Waals surface area contributed by atoms with Gasteiger partial charge < -0.3 is 9.47 Å². The second-order valence-corrected chi connectivity index (χ2v) is 8.70. The second kappa shape index (κ2) is 7.70. The molecule has 2 rings (SSSR count). The first-order chi connectivity index (χ1) is 11.2. The molecule has 2 bridgehead atoms. The van der Waals surface area contributed by atoms with E-state index in [4.69, 9.17) is 9.47 Å². The van der Waals surface area contributed by atoms with Gasteiger partial charge in [0.05, 0.1) is 18.3 Å². The number of hydrogen-bond acceptors (Lipinski definition) is 3. The quantitative estimate of drug-likeness (QED) is 0.560. The highest BCUT2D eigenvalue weighted by atomic mass is 16.6. The van der Waals surface area contributed by atoms with E-state index in [-0.39, 0.29) is 23.2 Å². The summed E-state index contributed by atoms with van der Waals surface area (Å²) in [5.74, 6) is 1.60. The van der Waals surface area contributed by atoms with Crippen molar-refractivity contribution in [3.05, 3.63) is 12.7 Å². The van der Waals surface area contributed by atoms with E-state index in [1.54, 1.807) is 0 Å². The van der Waals surface area contributed by atoms with Gasteiger partial charge in [-0.2, -0.15) is 0 Å². The Bertz CT molecular complexity index is 458. The van der Waals surface area contributed by atoms with Crippen molar-refractivity contribution >= 4 is 5.78 Å². The molecule has 0 saturated carbocycles. The van der Waals surface area contributed by atoms with Crippen molar-refractivity contribution in [3.8, 4) is 0 Å². The summed E-state index contributed by atoms with van der Waals surface area (Å²) in [7, 11) is 0. The van der Waals surface area contributed by atoms with Gasteiger partial charge in [-0.15, -0.1) is 6.58 Å². The van der Waals surface area contributed by atoms with Crippen molar-refractivity contribution in [3.63, 3.8) is 0 Å². The van der Waals surface area contributed by atoms with Crippen LogP contribution in [0.4, 0.5) is 0 Å². The minimum atomic E-state index is -0.250. The van der Waals surface area contributed by atoms with Crippen LogP contribution < -0.4 is 0 Å². The summed E-state index contributed by atoms with van der Waals surface area (Å²) in [6.45, 7) is 15.3. The molecule has 0 aromatic carbocycles. The Morgan fingerprint density at radius 3 is 2.67 bits per heavy atom. The van der Waals surface area contributed by atoms with E-state index in [2.05, 4.69) is 41.2 Å². The highest BCUT2D eigenvalue weighted by Gasteiger charge is 2.52. The summed E-state index contributed by atoms with van der Waals surface area (Å²) in [6.07, 6.45) is 7.76. The van der Waals surface area contributed by atoms with Crippen LogP contribution in [-0.2, 0) is 14.3 Å². The van der Waals surface area contributed by atoms with Crippen molar-refractivity contribution in [1.29, 1.82) is 0 Å². The Hall–Kier alpha value is -0.670. The molecule has 138 valence electrons. The molecule has 0 spiro atoms. The van der Waals surface area contributed by atoms with E-state index in [9.17, 15) is 4.79 Å². The van der Waals surface area contributed by atoms with Crippen molar-refractivity contribution in [2.24, 2.45) is 17.8 Å². The molecule has 0 aromatic heterocycles. The van der Waals surface area contributed by atoms with E-state index in [0.29, 0.717) is 30.6 Å². The van der Waals surface area contributed by atoms with Gasteiger partial charge in [0.25, 0.3) is 0 Å². The summed E-state index contributed by atoms with van der Waals surface area (Å²) in [5.41, 5.74) is -0.461. The minimum absolute atomic E-state index is 0.148. The maximum atomic E-state index is 12.4. The fourth-order valence-electron chi connectivity index (χ4n) is 3.81. The number of Topliss-reactive ketones (excluding diaryl/α,β-unsaturated/α-hetero) is 1. The summed E-state index contributed by atoms with van der Waals surface area (Å²) < 4.78 is 12.4. The van der Waals surface area contributed by atoms with Gasteiger partial charge in [-0.25, -0.2) is 0 Å². The Labute approximate surface area is 148 Å². The van der Waals surface area contributed by atoms with Crippen molar-refractivity contribution in [2.45, 2.75) is 90.4 Å². The van der Waals surface area contributed by atoms with Gasteiger partial charge in [-0.05, 0) is 50.9 Å². The van der Waals surface area contributed by atoms with Gasteiger partial charge in [-0.3, -0.25) is 4.79 Å². The lowest BCUT2D eigenvalue weighted by molar-refractivity contribution is -0.225. The zero-order valence-corrected chi connectivity index (χ0v) is 16.3. The zero-order chi connectivity index (χ0) is 18.0. The molecule has 2 heterocycles. The van der Waals surface area contributed by atoms with Crippen molar-refractivity contribution < 1.29 is 14.3 Å². The fourth-order valence-corrected chi connectivity index (χ4v) is 3.81. The first kappa shape index (κ1) is 19.7. The normalized spacial score (nSPS) is 35.0. The van der Waals surface area contributed by atoms with Crippen LogP contribution >= 0.6 is 0 Å². The number of fused-ring (bicyclic) bond motifs is 2. The minimum Gasteiger partial charge on any atom is -0.369 e. The monoisotopic (exact) mass is 336 g/mol. The molecule has 0 amide bonds. The van der Waals surface area contributed by atoms with Crippen LogP contribution in [0.1, 0.15) is 73.1 Å². The third kappa shape index (κ3) is 4.29. The molecule has 2 saturated heterocycles. The van der Waals surface area contributed by atoms with Gasteiger partial charge in [0, 0.05) is 12.3 Å². The standard InChI is InChI=1S/C21H36O3/c1-7-21-12-10-19(24-21)20(6,23-14-21)11-8-9-16(4)18(22)13-17(5)15(2)3/h7,15-17,19H,1,8-14H2,2-6H3/t16?,17?,19-,20+,21+/m1/s1. The molecule has 2 unspecified atom stereocenters. The Kier molecular flexibility index (Phi) is 6.30. The highest BCUT2D eigenvalue weighted by Crippen LogP contribution is 2.45. The zero-order valence-electron chi connectivity index (χ0n) is 16.3. The number of hydrogen-bond donors (Lipinski definition) is 0. The molecule has 0 N–H and O–H groups in total. The maximum absolute atomic E-state index is 12.4.